The number of hydrogen-bond acceptors (Lipinski definition) is 5. The molecule has 0 radical (unpaired) electrons. The molecule has 1 aliphatic heterocycles. The number of amides is 2. The summed E-state index contributed by atoms with van der Waals surface area (Å²) in [6.07, 6.45) is -0.0379. The van der Waals surface area contributed by atoms with Crippen LogP contribution in [0, 0.1) is 0 Å². The summed E-state index contributed by atoms with van der Waals surface area (Å²) in [4.78, 5) is 14.0. The lowest BCUT2D eigenvalue weighted by Crippen LogP contribution is -2.41. The van der Waals surface area contributed by atoms with Gasteiger partial charge >= 0.3 is 6.03 Å². The van der Waals surface area contributed by atoms with Crippen molar-refractivity contribution in [3.63, 3.8) is 0 Å². The van der Waals surface area contributed by atoms with Gasteiger partial charge in [0.2, 0.25) is 0 Å². The van der Waals surface area contributed by atoms with E-state index in [0.717, 1.165) is 17.7 Å². The minimum atomic E-state index is -0.879. The molecule has 0 aromatic heterocycles. The standard InChI is InChI=1S/C21H26N2O5/c1-2-23(14-18(25)16-5-3-6-17(24)12-16)21(26)22-13-15-7-8-19-20(11-15)28-10-4-9-27-19/h3,5-8,11-12,18,24-25H,2,4,9-10,13-14H2,1H3,(H,22,26)/t18-/m0/s1. The van der Waals surface area contributed by atoms with Crippen molar-refractivity contribution < 1.29 is 24.5 Å². The van der Waals surface area contributed by atoms with Crippen LogP contribution in [0.3, 0.4) is 0 Å². The first kappa shape index (κ1) is 19.8. The van der Waals surface area contributed by atoms with Crippen molar-refractivity contribution in [3.05, 3.63) is 53.6 Å². The molecule has 3 rings (SSSR count). The Bertz CT molecular complexity index is 811. The van der Waals surface area contributed by atoms with E-state index in [9.17, 15) is 15.0 Å². The van der Waals surface area contributed by atoms with Gasteiger partial charge in [-0.3, -0.25) is 0 Å². The Morgan fingerprint density at radius 2 is 1.96 bits per heavy atom. The smallest absolute Gasteiger partial charge is 0.317 e. The summed E-state index contributed by atoms with van der Waals surface area (Å²) in [5.41, 5.74) is 1.47. The van der Waals surface area contributed by atoms with Crippen molar-refractivity contribution in [3.8, 4) is 17.2 Å². The third kappa shape index (κ3) is 5.07. The van der Waals surface area contributed by atoms with Crippen LogP contribution in [0.5, 0.6) is 17.2 Å². The van der Waals surface area contributed by atoms with E-state index in [0.29, 0.717) is 37.6 Å². The maximum atomic E-state index is 12.5. The Balaban J connectivity index is 1.57. The van der Waals surface area contributed by atoms with Crippen molar-refractivity contribution in [2.45, 2.75) is 26.0 Å². The zero-order valence-corrected chi connectivity index (χ0v) is 15.9. The molecule has 28 heavy (non-hydrogen) atoms. The summed E-state index contributed by atoms with van der Waals surface area (Å²) < 4.78 is 11.3. The van der Waals surface area contributed by atoms with Gasteiger partial charge in [0.05, 0.1) is 25.9 Å². The number of rotatable bonds is 6. The lowest BCUT2D eigenvalue weighted by atomic mass is 10.1. The number of nitrogens with zero attached hydrogens (tertiary/aromatic N) is 1. The van der Waals surface area contributed by atoms with Crippen LogP contribution in [0.4, 0.5) is 4.79 Å². The number of likely N-dealkylation sites (N-methyl/N-ethyl adjacent to an activating group) is 1. The quantitative estimate of drug-likeness (QED) is 0.710. The van der Waals surface area contributed by atoms with E-state index in [4.69, 9.17) is 9.47 Å². The molecular formula is C21H26N2O5. The van der Waals surface area contributed by atoms with Gasteiger partial charge in [-0.2, -0.15) is 0 Å². The molecule has 3 N–H and O–H groups in total. The summed E-state index contributed by atoms with van der Waals surface area (Å²) in [6, 6.07) is 11.8. The summed E-state index contributed by atoms with van der Waals surface area (Å²) in [6.45, 7) is 4.02. The molecule has 0 saturated carbocycles. The molecule has 0 unspecified atom stereocenters. The SMILES string of the molecule is CCN(C[C@H](O)c1cccc(O)c1)C(=O)NCc1ccc2c(c1)OCCCO2. The van der Waals surface area contributed by atoms with Gasteiger partial charge in [-0.15, -0.1) is 0 Å². The van der Waals surface area contributed by atoms with E-state index in [1.807, 2.05) is 25.1 Å². The number of hydrogen-bond donors (Lipinski definition) is 3. The second kappa shape index (κ2) is 9.32. The molecule has 2 amide bonds. The van der Waals surface area contributed by atoms with Crippen LogP contribution in [-0.2, 0) is 6.54 Å². The second-order valence-corrected chi connectivity index (χ2v) is 6.64. The van der Waals surface area contributed by atoms with E-state index >= 15 is 0 Å². The number of urea groups is 1. The minimum Gasteiger partial charge on any atom is -0.508 e. The number of benzene rings is 2. The molecule has 1 aliphatic rings. The number of phenols is 1. The van der Waals surface area contributed by atoms with Crippen LogP contribution >= 0.6 is 0 Å². The normalized spacial score (nSPS) is 14.1. The second-order valence-electron chi connectivity index (χ2n) is 6.64. The van der Waals surface area contributed by atoms with Crippen LogP contribution in [-0.4, -0.2) is 47.4 Å². The van der Waals surface area contributed by atoms with Gasteiger partial charge in [-0.1, -0.05) is 18.2 Å². The van der Waals surface area contributed by atoms with Crippen molar-refractivity contribution in [1.82, 2.24) is 10.2 Å². The first-order valence-corrected chi connectivity index (χ1v) is 9.45. The largest absolute Gasteiger partial charge is 0.508 e. The maximum absolute atomic E-state index is 12.5. The van der Waals surface area contributed by atoms with Gasteiger partial charge in [0.15, 0.2) is 11.5 Å². The number of nitrogens with one attached hydrogen (secondary N) is 1. The Morgan fingerprint density at radius 1 is 1.18 bits per heavy atom. The lowest BCUT2D eigenvalue weighted by molar-refractivity contribution is 0.123. The molecule has 1 heterocycles. The zero-order chi connectivity index (χ0) is 19.9. The Hall–Kier alpha value is -2.93. The Kier molecular flexibility index (Phi) is 6.60. The molecule has 150 valence electrons. The van der Waals surface area contributed by atoms with Gasteiger partial charge < -0.3 is 29.9 Å². The third-order valence-corrected chi connectivity index (χ3v) is 4.57. The van der Waals surface area contributed by atoms with Crippen molar-refractivity contribution >= 4 is 6.03 Å². The van der Waals surface area contributed by atoms with Crippen LogP contribution in [0.15, 0.2) is 42.5 Å². The molecular weight excluding hydrogens is 360 g/mol. The fraction of sp³-hybridized carbons (Fsp3) is 0.381. The summed E-state index contributed by atoms with van der Waals surface area (Å²) in [5.74, 6) is 1.49. The van der Waals surface area contributed by atoms with Gasteiger partial charge in [0, 0.05) is 19.5 Å². The maximum Gasteiger partial charge on any atom is 0.317 e. The first-order chi connectivity index (χ1) is 13.6. The number of ether oxygens (including phenoxy) is 2. The summed E-state index contributed by atoms with van der Waals surface area (Å²) >= 11 is 0. The number of aliphatic hydroxyl groups is 1. The van der Waals surface area contributed by atoms with Gasteiger partial charge in [0.25, 0.3) is 0 Å². The number of aliphatic hydroxyl groups excluding tert-OH is 1. The molecule has 7 nitrogen and oxygen atoms in total. The molecule has 0 saturated heterocycles. The number of fused-ring (bicyclic) bond motifs is 1. The van der Waals surface area contributed by atoms with E-state index in [-0.39, 0.29) is 18.3 Å². The lowest BCUT2D eigenvalue weighted by Gasteiger charge is -2.24. The Morgan fingerprint density at radius 3 is 2.71 bits per heavy atom. The van der Waals surface area contributed by atoms with E-state index in [1.165, 1.54) is 17.0 Å². The highest BCUT2D eigenvalue weighted by Gasteiger charge is 2.18. The van der Waals surface area contributed by atoms with Gasteiger partial charge in [-0.05, 0) is 42.3 Å². The molecule has 0 bridgehead atoms. The van der Waals surface area contributed by atoms with E-state index < -0.39 is 6.10 Å². The fourth-order valence-corrected chi connectivity index (χ4v) is 3.01. The predicted octanol–water partition coefficient (Wildman–Crippen LogP) is 2.82. The average molecular weight is 386 g/mol. The van der Waals surface area contributed by atoms with Crippen LogP contribution < -0.4 is 14.8 Å². The molecule has 0 spiro atoms. The number of carbonyl (C=O) groups excluding carboxylic acids is 1. The third-order valence-electron chi connectivity index (χ3n) is 4.57. The Labute approximate surface area is 164 Å². The van der Waals surface area contributed by atoms with Crippen LogP contribution in [0.2, 0.25) is 0 Å². The van der Waals surface area contributed by atoms with Crippen molar-refractivity contribution in [2.75, 3.05) is 26.3 Å². The minimum absolute atomic E-state index is 0.0819. The first-order valence-electron chi connectivity index (χ1n) is 9.45. The van der Waals surface area contributed by atoms with Crippen molar-refractivity contribution in [1.29, 1.82) is 0 Å². The molecule has 7 heteroatoms. The molecule has 2 aromatic carbocycles. The summed E-state index contributed by atoms with van der Waals surface area (Å²) in [5, 5.41) is 22.8. The van der Waals surface area contributed by atoms with E-state index in [1.54, 1.807) is 12.1 Å². The molecule has 2 aromatic rings. The molecule has 0 fully saturated rings. The molecule has 1 atom stereocenters. The van der Waals surface area contributed by atoms with Gasteiger partial charge in [-0.25, -0.2) is 4.79 Å². The predicted molar refractivity (Wildman–Crippen MR) is 105 cm³/mol. The summed E-state index contributed by atoms with van der Waals surface area (Å²) in [7, 11) is 0. The molecule has 0 aliphatic carbocycles. The number of carbonyl (C=O) groups is 1. The monoisotopic (exact) mass is 386 g/mol. The van der Waals surface area contributed by atoms with E-state index in [2.05, 4.69) is 5.32 Å². The van der Waals surface area contributed by atoms with Crippen LogP contribution in [0.25, 0.3) is 0 Å². The van der Waals surface area contributed by atoms with Gasteiger partial charge in [0.1, 0.15) is 5.75 Å². The van der Waals surface area contributed by atoms with Crippen LogP contribution in [0.1, 0.15) is 30.6 Å². The highest BCUT2D eigenvalue weighted by Crippen LogP contribution is 2.30. The van der Waals surface area contributed by atoms with Crippen molar-refractivity contribution in [2.24, 2.45) is 0 Å². The number of aromatic hydroxyl groups is 1. The fourth-order valence-electron chi connectivity index (χ4n) is 3.01. The zero-order valence-electron chi connectivity index (χ0n) is 15.9. The number of phenolic OH excluding ortho intramolecular Hbond substituents is 1. The highest BCUT2D eigenvalue weighted by molar-refractivity contribution is 5.74. The highest BCUT2D eigenvalue weighted by atomic mass is 16.5. The topological polar surface area (TPSA) is 91.3 Å². The average Bonchev–Trinajstić information content (AvgIpc) is 2.95.